The predicted molar refractivity (Wildman–Crippen MR) is 87.7 cm³/mol. The molecule has 3 amide bonds. The number of hydrogen-bond acceptors (Lipinski definition) is 4. The summed E-state index contributed by atoms with van der Waals surface area (Å²) in [5.41, 5.74) is 5.63. The Balaban J connectivity index is 1.92. The Labute approximate surface area is 139 Å². The van der Waals surface area contributed by atoms with Crippen molar-refractivity contribution in [1.29, 1.82) is 0 Å². The van der Waals surface area contributed by atoms with E-state index in [0.717, 1.165) is 3.79 Å². The summed E-state index contributed by atoms with van der Waals surface area (Å²) >= 11 is 4.53. The Hall–Kier alpha value is -2.19. The van der Waals surface area contributed by atoms with Crippen LogP contribution >= 0.6 is 27.3 Å². The van der Waals surface area contributed by atoms with E-state index in [0.29, 0.717) is 16.1 Å². The maximum Gasteiger partial charge on any atom is 0.279 e. The average Bonchev–Trinajstić information content (AvgIpc) is 2.91. The first kappa shape index (κ1) is 16.2. The van der Waals surface area contributed by atoms with Gasteiger partial charge in [0.2, 0.25) is 5.91 Å². The third kappa shape index (κ3) is 4.40. The minimum absolute atomic E-state index is 0.188. The van der Waals surface area contributed by atoms with Crippen LogP contribution in [0.1, 0.15) is 27.0 Å². The molecule has 0 spiro atoms. The first-order valence-electron chi connectivity index (χ1n) is 6.19. The molecule has 0 fully saturated rings. The summed E-state index contributed by atoms with van der Waals surface area (Å²) in [6.07, 6.45) is 0. The Morgan fingerprint density at radius 2 is 1.59 bits per heavy atom. The maximum absolute atomic E-state index is 11.9. The third-order valence-electron chi connectivity index (χ3n) is 2.55. The van der Waals surface area contributed by atoms with Crippen molar-refractivity contribution in [2.45, 2.75) is 6.92 Å². The molecule has 1 aromatic heterocycles. The van der Waals surface area contributed by atoms with Crippen LogP contribution in [0.4, 0.5) is 5.69 Å². The van der Waals surface area contributed by atoms with Crippen LogP contribution in [0.3, 0.4) is 0 Å². The highest BCUT2D eigenvalue weighted by Crippen LogP contribution is 2.21. The van der Waals surface area contributed by atoms with Gasteiger partial charge in [-0.1, -0.05) is 0 Å². The van der Waals surface area contributed by atoms with Crippen molar-refractivity contribution in [3.05, 3.63) is 50.6 Å². The van der Waals surface area contributed by atoms with Gasteiger partial charge in [-0.05, 0) is 52.3 Å². The molecule has 114 valence electrons. The summed E-state index contributed by atoms with van der Waals surface area (Å²) in [6, 6.07) is 9.71. The quantitative estimate of drug-likeness (QED) is 0.713. The van der Waals surface area contributed by atoms with Gasteiger partial charge in [0.05, 0.1) is 8.66 Å². The Bertz CT molecular complexity index is 712. The molecule has 0 saturated heterocycles. The average molecular weight is 382 g/mol. The second-order valence-electron chi connectivity index (χ2n) is 4.27. The number of carbonyl (C=O) groups is 3. The van der Waals surface area contributed by atoms with Gasteiger partial charge in [0.1, 0.15) is 0 Å². The van der Waals surface area contributed by atoms with Crippen LogP contribution in [0.25, 0.3) is 0 Å². The fraction of sp³-hybridized carbons (Fsp3) is 0.0714. The monoisotopic (exact) mass is 381 g/mol. The van der Waals surface area contributed by atoms with Crippen LogP contribution < -0.4 is 16.2 Å². The molecule has 0 aliphatic rings. The summed E-state index contributed by atoms with van der Waals surface area (Å²) in [7, 11) is 0. The maximum atomic E-state index is 11.9. The molecule has 0 aliphatic carbocycles. The van der Waals surface area contributed by atoms with Crippen molar-refractivity contribution in [2.24, 2.45) is 0 Å². The smallest absolute Gasteiger partial charge is 0.279 e. The van der Waals surface area contributed by atoms with Crippen LogP contribution in [0.5, 0.6) is 0 Å². The molecule has 2 aromatic rings. The van der Waals surface area contributed by atoms with E-state index in [1.54, 1.807) is 36.4 Å². The van der Waals surface area contributed by atoms with Gasteiger partial charge in [-0.2, -0.15) is 0 Å². The Kier molecular flexibility index (Phi) is 5.29. The van der Waals surface area contributed by atoms with E-state index in [1.165, 1.54) is 18.3 Å². The minimum Gasteiger partial charge on any atom is -0.326 e. The fourth-order valence-electron chi connectivity index (χ4n) is 1.59. The lowest BCUT2D eigenvalue weighted by Gasteiger charge is -2.07. The van der Waals surface area contributed by atoms with Gasteiger partial charge in [-0.15, -0.1) is 11.3 Å². The van der Waals surface area contributed by atoms with Crippen LogP contribution in [0, 0.1) is 0 Å². The number of nitrogens with one attached hydrogen (secondary N) is 3. The lowest BCUT2D eigenvalue weighted by Crippen LogP contribution is -2.41. The summed E-state index contributed by atoms with van der Waals surface area (Å²) in [5.74, 6) is -1.02. The van der Waals surface area contributed by atoms with Crippen molar-refractivity contribution < 1.29 is 14.4 Å². The van der Waals surface area contributed by atoms with Gasteiger partial charge < -0.3 is 5.32 Å². The number of hydrogen-bond donors (Lipinski definition) is 3. The second kappa shape index (κ2) is 7.19. The van der Waals surface area contributed by atoms with Gasteiger partial charge in [0, 0.05) is 18.2 Å². The topological polar surface area (TPSA) is 87.3 Å². The number of hydrazine groups is 1. The zero-order valence-electron chi connectivity index (χ0n) is 11.5. The van der Waals surface area contributed by atoms with Crippen LogP contribution in [-0.2, 0) is 4.79 Å². The van der Waals surface area contributed by atoms with Gasteiger partial charge in [0.25, 0.3) is 11.8 Å². The lowest BCUT2D eigenvalue weighted by molar-refractivity contribution is -0.114. The number of benzene rings is 1. The van der Waals surface area contributed by atoms with E-state index in [1.807, 2.05) is 0 Å². The number of halogens is 1. The molecule has 1 heterocycles. The predicted octanol–water partition coefficient (Wildman–Crippen LogP) is 2.54. The van der Waals surface area contributed by atoms with E-state index >= 15 is 0 Å². The van der Waals surface area contributed by atoms with E-state index in [-0.39, 0.29) is 11.8 Å². The molecule has 0 bridgehead atoms. The lowest BCUT2D eigenvalue weighted by atomic mass is 10.2. The van der Waals surface area contributed by atoms with Gasteiger partial charge in [-0.25, -0.2) is 0 Å². The Morgan fingerprint density at radius 3 is 2.14 bits per heavy atom. The second-order valence-corrected chi connectivity index (χ2v) is 6.73. The number of anilines is 1. The van der Waals surface area contributed by atoms with Crippen LogP contribution in [-0.4, -0.2) is 17.7 Å². The summed E-state index contributed by atoms with van der Waals surface area (Å²) < 4.78 is 0.831. The molecule has 3 N–H and O–H groups in total. The molecule has 0 radical (unpaired) electrons. The number of thiophene rings is 1. The zero-order chi connectivity index (χ0) is 16.1. The molecule has 0 saturated carbocycles. The third-order valence-corrected chi connectivity index (χ3v) is 4.18. The number of rotatable bonds is 3. The van der Waals surface area contributed by atoms with Gasteiger partial charge in [-0.3, -0.25) is 25.2 Å². The standard InChI is InChI=1S/C14H12BrN3O3S/c1-8(19)16-10-4-2-9(3-5-10)13(20)17-18-14(21)11-6-7-12(15)22-11/h2-7H,1H3,(H,16,19)(H,17,20)(H,18,21). The molecule has 6 nitrogen and oxygen atoms in total. The van der Waals surface area contributed by atoms with Crippen molar-refractivity contribution in [1.82, 2.24) is 10.9 Å². The number of carbonyl (C=O) groups excluding carboxylic acids is 3. The van der Waals surface area contributed by atoms with E-state index in [4.69, 9.17) is 0 Å². The summed E-state index contributed by atoms with van der Waals surface area (Å²) in [5, 5.41) is 2.60. The SMILES string of the molecule is CC(=O)Nc1ccc(C(=O)NNC(=O)c2ccc(Br)s2)cc1. The van der Waals surface area contributed by atoms with Crippen molar-refractivity contribution in [3.63, 3.8) is 0 Å². The van der Waals surface area contributed by atoms with E-state index in [9.17, 15) is 14.4 Å². The molecule has 2 rings (SSSR count). The summed E-state index contributed by atoms with van der Waals surface area (Å²) in [4.78, 5) is 35.1. The molecule has 8 heteroatoms. The van der Waals surface area contributed by atoms with Crippen molar-refractivity contribution in [3.8, 4) is 0 Å². The largest absolute Gasteiger partial charge is 0.326 e. The van der Waals surface area contributed by atoms with E-state index in [2.05, 4.69) is 32.1 Å². The molecular formula is C14H12BrN3O3S. The summed E-state index contributed by atoms with van der Waals surface area (Å²) in [6.45, 7) is 1.40. The van der Waals surface area contributed by atoms with Gasteiger partial charge >= 0.3 is 0 Å². The molecular weight excluding hydrogens is 370 g/mol. The first-order valence-corrected chi connectivity index (χ1v) is 7.80. The Morgan fingerprint density at radius 1 is 0.955 bits per heavy atom. The van der Waals surface area contributed by atoms with Gasteiger partial charge in [0.15, 0.2) is 0 Å². The van der Waals surface area contributed by atoms with Crippen LogP contribution in [0.2, 0.25) is 0 Å². The highest BCUT2D eigenvalue weighted by molar-refractivity contribution is 9.11. The zero-order valence-corrected chi connectivity index (χ0v) is 13.9. The minimum atomic E-state index is -0.446. The fourth-order valence-corrected chi connectivity index (χ4v) is 2.87. The van der Waals surface area contributed by atoms with Crippen molar-refractivity contribution >= 4 is 50.7 Å². The normalized spacial score (nSPS) is 9.91. The first-order chi connectivity index (χ1) is 10.5. The van der Waals surface area contributed by atoms with Crippen molar-refractivity contribution in [2.75, 3.05) is 5.32 Å². The highest BCUT2D eigenvalue weighted by Gasteiger charge is 2.11. The molecule has 22 heavy (non-hydrogen) atoms. The molecule has 0 unspecified atom stereocenters. The molecule has 1 aromatic carbocycles. The highest BCUT2D eigenvalue weighted by atomic mass is 79.9. The number of amides is 3. The molecule has 0 atom stereocenters. The van der Waals surface area contributed by atoms with Crippen LogP contribution in [0.15, 0.2) is 40.2 Å². The molecule has 0 aliphatic heterocycles. The van der Waals surface area contributed by atoms with E-state index < -0.39 is 5.91 Å².